The van der Waals surface area contributed by atoms with E-state index in [0.29, 0.717) is 17.3 Å². The van der Waals surface area contributed by atoms with Crippen molar-refractivity contribution < 1.29 is 10.1 Å². The van der Waals surface area contributed by atoms with Crippen LogP contribution in [0.5, 0.6) is 0 Å². The molecule has 0 saturated heterocycles. The number of nitrogens with zero attached hydrogens (tertiary/aromatic N) is 2. The van der Waals surface area contributed by atoms with Gasteiger partial charge >= 0.3 is 0 Å². The van der Waals surface area contributed by atoms with Crippen molar-refractivity contribution in [3.8, 4) is 0 Å². The fourth-order valence-corrected chi connectivity index (χ4v) is 1.17. The molecule has 0 rings (SSSR count). The van der Waals surface area contributed by atoms with Gasteiger partial charge in [-0.05, 0) is 12.8 Å². The molecule has 0 radical (unpaired) electrons. The molecular weight excluding hydrogens is 156 g/mol. The molecule has 0 aliphatic heterocycles. The zero-order valence-corrected chi connectivity index (χ0v) is 7.86. The van der Waals surface area contributed by atoms with Gasteiger partial charge in [-0.2, -0.15) is 0 Å². The monoisotopic (exact) mass is 174 g/mol. The topological polar surface area (TPSA) is 58.7 Å². The molecule has 0 aromatic rings. The van der Waals surface area contributed by atoms with Crippen molar-refractivity contribution in [1.29, 1.82) is 0 Å². The number of hydrogen-bond acceptors (Lipinski definition) is 2. The summed E-state index contributed by atoms with van der Waals surface area (Å²) in [6, 6.07) is 0. The summed E-state index contributed by atoms with van der Waals surface area (Å²) >= 11 is 0. The minimum absolute atomic E-state index is 0.312. The van der Waals surface area contributed by atoms with E-state index in [1.807, 2.05) is 6.92 Å². The van der Waals surface area contributed by atoms with Crippen LogP contribution in [0.4, 0.5) is 0 Å². The van der Waals surface area contributed by atoms with E-state index in [1.165, 1.54) is 0 Å². The Labute approximate surface area is 73.4 Å². The van der Waals surface area contributed by atoms with Gasteiger partial charge in [-0.1, -0.05) is 31.5 Å². The Hall–Kier alpha value is -0.800. The van der Waals surface area contributed by atoms with Crippen LogP contribution < -0.4 is 0 Å². The van der Waals surface area contributed by atoms with E-state index in [4.69, 9.17) is 5.21 Å². The van der Waals surface area contributed by atoms with Crippen LogP contribution in [-0.4, -0.2) is 16.6 Å². The predicted molar refractivity (Wildman–Crippen MR) is 46.0 cm³/mol. The summed E-state index contributed by atoms with van der Waals surface area (Å²) in [4.78, 5) is 0.351. The van der Waals surface area contributed by atoms with E-state index in [-0.39, 0.29) is 0 Å². The molecule has 0 saturated carbocycles. The first-order valence-corrected chi connectivity index (χ1v) is 4.54. The second kappa shape index (κ2) is 6.88. The minimum atomic E-state index is 0.312. The summed E-state index contributed by atoms with van der Waals surface area (Å²) in [6.45, 7) is 4.48. The Balaban J connectivity index is 3.67. The van der Waals surface area contributed by atoms with Gasteiger partial charge in [0.1, 0.15) is 0 Å². The number of unbranched alkanes of at least 4 members (excludes halogenated alkanes) is 1. The van der Waals surface area contributed by atoms with Crippen molar-refractivity contribution >= 4 is 0 Å². The second-order valence-electron chi connectivity index (χ2n) is 3.04. The molecule has 12 heavy (non-hydrogen) atoms. The summed E-state index contributed by atoms with van der Waals surface area (Å²) in [5.74, 6) is 0.360. The molecule has 1 atom stereocenters. The SMILES string of the molecule is CCCCC(CC)C[N+]([O-])=NO. The quantitative estimate of drug-likeness (QED) is 0.382. The van der Waals surface area contributed by atoms with Gasteiger partial charge in [-0.25, -0.2) is 0 Å². The highest BCUT2D eigenvalue weighted by Crippen LogP contribution is 2.12. The third kappa shape index (κ3) is 4.93. The maximum atomic E-state index is 10.6. The van der Waals surface area contributed by atoms with Crippen LogP contribution >= 0.6 is 0 Å². The summed E-state index contributed by atoms with van der Waals surface area (Å²) in [5.41, 5.74) is 0. The fourth-order valence-electron chi connectivity index (χ4n) is 1.17. The van der Waals surface area contributed by atoms with Crippen LogP contribution in [0, 0.1) is 11.1 Å². The van der Waals surface area contributed by atoms with Gasteiger partial charge < -0.3 is 10.4 Å². The molecule has 0 bridgehead atoms. The zero-order chi connectivity index (χ0) is 9.40. The van der Waals surface area contributed by atoms with Crippen LogP contribution in [0.3, 0.4) is 0 Å². The highest BCUT2D eigenvalue weighted by Gasteiger charge is 2.10. The summed E-state index contributed by atoms with van der Waals surface area (Å²) in [5, 5.41) is 21.3. The maximum Gasteiger partial charge on any atom is 0.197 e. The average Bonchev–Trinajstić information content (AvgIpc) is 2.11. The van der Waals surface area contributed by atoms with Crippen molar-refractivity contribution in [2.24, 2.45) is 11.2 Å². The first kappa shape index (κ1) is 11.2. The van der Waals surface area contributed by atoms with Crippen LogP contribution in [-0.2, 0) is 0 Å². The van der Waals surface area contributed by atoms with E-state index in [9.17, 15) is 5.21 Å². The lowest BCUT2D eigenvalue weighted by Crippen LogP contribution is -2.14. The Bertz CT molecular complexity index is 137. The molecule has 0 heterocycles. The van der Waals surface area contributed by atoms with Gasteiger partial charge in [0.25, 0.3) is 0 Å². The van der Waals surface area contributed by atoms with Gasteiger partial charge in [0, 0.05) is 5.92 Å². The Morgan fingerprint density at radius 2 is 2.17 bits per heavy atom. The molecule has 4 nitrogen and oxygen atoms in total. The fraction of sp³-hybridized carbons (Fsp3) is 1.00. The van der Waals surface area contributed by atoms with E-state index in [0.717, 1.165) is 25.7 Å². The highest BCUT2D eigenvalue weighted by molar-refractivity contribution is 4.54. The molecule has 0 aliphatic carbocycles. The summed E-state index contributed by atoms with van der Waals surface area (Å²) in [6.07, 6.45) is 4.29. The molecule has 1 N–H and O–H groups in total. The molecular formula is C8H18N2O2. The molecule has 0 spiro atoms. The minimum Gasteiger partial charge on any atom is -0.597 e. The van der Waals surface area contributed by atoms with Gasteiger partial charge in [-0.3, -0.25) is 0 Å². The molecule has 0 aliphatic rings. The summed E-state index contributed by atoms with van der Waals surface area (Å²) < 4.78 is 0. The zero-order valence-electron chi connectivity index (χ0n) is 7.86. The Morgan fingerprint density at radius 3 is 2.58 bits per heavy atom. The van der Waals surface area contributed by atoms with Crippen molar-refractivity contribution in [2.75, 3.05) is 6.54 Å². The lowest BCUT2D eigenvalue weighted by atomic mass is 10.00. The van der Waals surface area contributed by atoms with Crippen molar-refractivity contribution in [3.05, 3.63) is 5.21 Å². The predicted octanol–water partition coefficient (Wildman–Crippen LogP) is 2.55. The molecule has 72 valence electrons. The first-order valence-electron chi connectivity index (χ1n) is 4.54. The highest BCUT2D eigenvalue weighted by atomic mass is 16.6. The van der Waals surface area contributed by atoms with Crippen molar-refractivity contribution in [3.63, 3.8) is 0 Å². The van der Waals surface area contributed by atoms with Gasteiger partial charge in [-0.15, -0.1) is 0 Å². The third-order valence-electron chi connectivity index (χ3n) is 2.06. The van der Waals surface area contributed by atoms with Crippen molar-refractivity contribution in [2.45, 2.75) is 39.5 Å². The number of hydroxylamine groups is 1. The summed E-state index contributed by atoms with van der Waals surface area (Å²) in [7, 11) is 0. The smallest absolute Gasteiger partial charge is 0.197 e. The second-order valence-corrected chi connectivity index (χ2v) is 3.04. The van der Waals surface area contributed by atoms with Crippen LogP contribution in [0.25, 0.3) is 0 Å². The van der Waals surface area contributed by atoms with Gasteiger partial charge in [0.15, 0.2) is 11.8 Å². The molecule has 0 fully saturated rings. The Kier molecular flexibility index (Phi) is 6.42. The largest absolute Gasteiger partial charge is 0.597 e. The standard InChI is InChI=1S/C8H18N2O2/c1-3-5-6-8(4-2)7-10(12)9-11/h8,11H,3-7H2,1-2H3. The average molecular weight is 174 g/mol. The van der Waals surface area contributed by atoms with E-state index in [1.54, 1.807) is 0 Å². The maximum absolute atomic E-state index is 10.6. The van der Waals surface area contributed by atoms with Crippen molar-refractivity contribution in [1.82, 2.24) is 0 Å². The normalized spacial score (nSPS) is 14.7. The molecule has 0 aromatic carbocycles. The van der Waals surface area contributed by atoms with Gasteiger partial charge in [0.2, 0.25) is 0 Å². The van der Waals surface area contributed by atoms with Gasteiger partial charge in [0.05, 0.1) is 0 Å². The number of hydrogen-bond donors (Lipinski definition) is 1. The van der Waals surface area contributed by atoms with E-state index < -0.39 is 0 Å². The molecule has 4 heteroatoms. The van der Waals surface area contributed by atoms with E-state index in [2.05, 4.69) is 12.2 Å². The molecule has 0 amide bonds. The van der Waals surface area contributed by atoms with Crippen LogP contribution in [0.15, 0.2) is 5.28 Å². The van der Waals surface area contributed by atoms with Crippen LogP contribution in [0.1, 0.15) is 39.5 Å². The molecule has 1 unspecified atom stereocenters. The number of rotatable bonds is 6. The Morgan fingerprint density at radius 1 is 1.50 bits per heavy atom. The van der Waals surface area contributed by atoms with E-state index >= 15 is 0 Å². The lowest BCUT2D eigenvalue weighted by Gasteiger charge is -2.10. The van der Waals surface area contributed by atoms with Crippen LogP contribution in [0.2, 0.25) is 0 Å². The lowest BCUT2D eigenvalue weighted by molar-refractivity contribution is -0.562. The first-order chi connectivity index (χ1) is 5.74. The third-order valence-corrected chi connectivity index (χ3v) is 2.06. The molecule has 0 aromatic heterocycles.